The molecule has 2 aromatic carbocycles. The van der Waals surface area contributed by atoms with Gasteiger partial charge in [0.15, 0.2) is 6.29 Å². The lowest BCUT2D eigenvalue weighted by Gasteiger charge is -2.09. The lowest BCUT2D eigenvalue weighted by Crippen LogP contribution is -2.05. The molecule has 0 saturated carbocycles. The maximum atomic E-state index is 12.9. The van der Waals surface area contributed by atoms with Crippen LogP contribution in [0.3, 0.4) is 0 Å². The molecule has 0 N–H and O–H groups in total. The van der Waals surface area contributed by atoms with E-state index in [-0.39, 0.29) is 11.1 Å². The molecule has 0 saturated heterocycles. The normalized spacial score (nSPS) is 12.1. The van der Waals surface area contributed by atoms with Gasteiger partial charge in [0.05, 0.1) is 12.2 Å². The van der Waals surface area contributed by atoms with E-state index in [0.29, 0.717) is 12.9 Å². The number of carbonyl (C=O) groups is 1. The lowest BCUT2D eigenvalue weighted by atomic mass is 10.0. The monoisotopic (exact) mass is 432 g/mol. The van der Waals surface area contributed by atoms with Gasteiger partial charge in [-0.3, -0.25) is 4.79 Å². The van der Waals surface area contributed by atoms with E-state index in [4.69, 9.17) is 4.74 Å². The maximum absolute atomic E-state index is 12.9. The van der Waals surface area contributed by atoms with Crippen molar-refractivity contribution in [3.05, 3.63) is 65.2 Å². The van der Waals surface area contributed by atoms with Crippen molar-refractivity contribution in [2.45, 2.75) is 64.5 Å². The molecule has 2 aromatic rings. The summed E-state index contributed by atoms with van der Waals surface area (Å²) < 4.78 is 44.5. The summed E-state index contributed by atoms with van der Waals surface area (Å²) in [7, 11) is 0. The van der Waals surface area contributed by atoms with Crippen molar-refractivity contribution in [2.24, 2.45) is 0 Å². The van der Waals surface area contributed by atoms with Gasteiger partial charge < -0.3 is 4.74 Å². The highest BCUT2D eigenvalue weighted by Crippen LogP contribution is 2.31. The van der Waals surface area contributed by atoms with Gasteiger partial charge in [0, 0.05) is 5.57 Å². The second-order valence-electron chi connectivity index (χ2n) is 7.69. The fourth-order valence-electron chi connectivity index (χ4n) is 3.33. The summed E-state index contributed by atoms with van der Waals surface area (Å²) in [5, 5.41) is 0. The summed E-state index contributed by atoms with van der Waals surface area (Å²) in [5.41, 5.74) is 0.375. The van der Waals surface area contributed by atoms with Crippen LogP contribution in [0, 0.1) is 0 Å². The third-order valence-corrected chi connectivity index (χ3v) is 5.12. The molecule has 0 spiro atoms. The van der Waals surface area contributed by atoms with Crippen LogP contribution in [-0.2, 0) is 11.0 Å². The number of hydrogen-bond acceptors (Lipinski definition) is 2. The Hall–Kier alpha value is -2.56. The van der Waals surface area contributed by atoms with Crippen LogP contribution in [0.15, 0.2) is 48.5 Å². The third kappa shape index (κ3) is 8.99. The number of ether oxygens (including phenoxy) is 1. The number of hydrogen-bond donors (Lipinski definition) is 0. The van der Waals surface area contributed by atoms with Gasteiger partial charge in [0.2, 0.25) is 0 Å². The van der Waals surface area contributed by atoms with Crippen molar-refractivity contribution < 1.29 is 22.7 Å². The Morgan fingerprint density at radius 3 is 2.16 bits per heavy atom. The third-order valence-electron chi connectivity index (χ3n) is 5.12. The molecular weight excluding hydrogens is 401 g/mol. The minimum absolute atomic E-state index is 0.193. The summed E-state index contributed by atoms with van der Waals surface area (Å²) in [6, 6.07) is 12.0. The Morgan fingerprint density at radius 1 is 0.903 bits per heavy atom. The smallest absolute Gasteiger partial charge is 0.416 e. The molecule has 0 fully saturated rings. The van der Waals surface area contributed by atoms with Crippen LogP contribution in [0.5, 0.6) is 5.75 Å². The average Bonchev–Trinajstić information content (AvgIpc) is 2.77. The number of carbonyl (C=O) groups excluding carboxylic acids is 1. The summed E-state index contributed by atoms with van der Waals surface area (Å²) in [6.07, 6.45) is 7.62. The summed E-state index contributed by atoms with van der Waals surface area (Å²) >= 11 is 0. The highest BCUT2D eigenvalue weighted by atomic mass is 19.4. The van der Waals surface area contributed by atoms with Crippen LogP contribution in [-0.4, -0.2) is 12.9 Å². The summed E-state index contributed by atoms with van der Waals surface area (Å²) in [4.78, 5) is 11.5. The topological polar surface area (TPSA) is 26.3 Å². The van der Waals surface area contributed by atoms with E-state index in [1.165, 1.54) is 50.7 Å². The Kier molecular flexibility index (Phi) is 10.3. The van der Waals surface area contributed by atoms with Crippen LogP contribution in [0.1, 0.15) is 75.0 Å². The molecule has 0 aliphatic carbocycles. The molecule has 0 aliphatic rings. The van der Waals surface area contributed by atoms with Crippen LogP contribution in [0.2, 0.25) is 0 Å². The van der Waals surface area contributed by atoms with Gasteiger partial charge in [0.1, 0.15) is 5.75 Å². The molecule has 0 amide bonds. The Bertz CT molecular complexity index is 823. The molecule has 5 heteroatoms. The fourth-order valence-corrected chi connectivity index (χ4v) is 3.33. The average molecular weight is 433 g/mol. The highest BCUT2D eigenvalue weighted by Gasteiger charge is 2.30. The van der Waals surface area contributed by atoms with Gasteiger partial charge in [0.25, 0.3) is 0 Å². The zero-order valence-corrected chi connectivity index (χ0v) is 18.1. The minimum atomic E-state index is -4.45. The number of unbranched alkanes of at least 4 members (excludes halogenated alkanes) is 7. The molecule has 2 nitrogen and oxygen atoms in total. The van der Waals surface area contributed by atoms with E-state index in [0.717, 1.165) is 36.3 Å². The SMILES string of the molecule is CCCCCCCCCCOc1ccc(C=C(C=O)c2cccc(C(F)(F)F)c2)cc1. The largest absolute Gasteiger partial charge is 0.494 e. The van der Waals surface area contributed by atoms with E-state index >= 15 is 0 Å². The zero-order chi connectivity index (χ0) is 22.5. The molecule has 0 heterocycles. The quantitative estimate of drug-likeness (QED) is 0.139. The molecule has 0 aliphatic heterocycles. The molecule has 0 aromatic heterocycles. The van der Waals surface area contributed by atoms with E-state index in [9.17, 15) is 18.0 Å². The number of aldehydes is 1. The van der Waals surface area contributed by atoms with E-state index < -0.39 is 11.7 Å². The summed E-state index contributed by atoms with van der Waals surface area (Å²) in [6.45, 7) is 2.88. The van der Waals surface area contributed by atoms with Gasteiger partial charge in [-0.1, -0.05) is 76.1 Å². The summed E-state index contributed by atoms with van der Waals surface area (Å²) in [5.74, 6) is 0.742. The van der Waals surface area contributed by atoms with Crippen molar-refractivity contribution in [1.82, 2.24) is 0 Å². The first kappa shape index (κ1) is 24.7. The second-order valence-corrected chi connectivity index (χ2v) is 7.69. The number of benzene rings is 2. The number of rotatable bonds is 13. The van der Waals surface area contributed by atoms with E-state index in [1.54, 1.807) is 18.2 Å². The van der Waals surface area contributed by atoms with E-state index in [2.05, 4.69) is 6.92 Å². The van der Waals surface area contributed by atoms with Crippen LogP contribution in [0.4, 0.5) is 13.2 Å². The highest BCUT2D eigenvalue weighted by molar-refractivity contribution is 6.13. The molecule has 2 rings (SSSR count). The molecule has 0 radical (unpaired) electrons. The van der Waals surface area contributed by atoms with Gasteiger partial charge in [-0.05, 0) is 47.9 Å². The Labute approximate surface area is 183 Å². The lowest BCUT2D eigenvalue weighted by molar-refractivity contribution is -0.137. The van der Waals surface area contributed by atoms with Gasteiger partial charge >= 0.3 is 6.18 Å². The first-order valence-electron chi connectivity index (χ1n) is 11.0. The maximum Gasteiger partial charge on any atom is 0.416 e. The van der Waals surface area contributed by atoms with Crippen molar-refractivity contribution in [3.63, 3.8) is 0 Å². The van der Waals surface area contributed by atoms with Crippen LogP contribution in [0.25, 0.3) is 11.6 Å². The number of halogens is 3. The van der Waals surface area contributed by atoms with Crippen LogP contribution >= 0.6 is 0 Å². The molecular formula is C26H31F3O2. The minimum Gasteiger partial charge on any atom is -0.494 e. The first-order chi connectivity index (χ1) is 14.9. The van der Waals surface area contributed by atoms with Crippen molar-refractivity contribution in [1.29, 1.82) is 0 Å². The van der Waals surface area contributed by atoms with Crippen molar-refractivity contribution >= 4 is 17.9 Å². The molecule has 168 valence electrons. The number of alkyl halides is 3. The van der Waals surface area contributed by atoms with E-state index in [1.807, 2.05) is 12.1 Å². The standard InChI is InChI=1S/C26H31F3O2/c1-2-3-4-5-6-7-8-9-17-31-25-15-13-21(14-16-25)18-23(20-30)22-11-10-12-24(19-22)26(27,28)29/h10-16,18-20H,2-9,17H2,1H3. The second kappa shape index (κ2) is 13.0. The molecule has 0 atom stereocenters. The van der Waals surface area contributed by atoms with Crippen LogP contribution < -0.4 is 4.74 Å². The Balaban J connectivity index is 1.85. The predicted octanol–water partition coefficient (Wildman–Crippen LogP) is 7.96. The van der Waals surface area contributed by atoms with Gasteiger partial charge in [-0.15, -0.1) is 0 Å². The van der Waals surface area contributed by atoms with Gasteiger partial charge in [-0.25, -0.2) is 0 Å². The van der Waals surface area contributed by atoms with Crippen molar-refractivity contribution in [2.75, 3.05) is 6.61 Å². The first-order valence-corrected chi connectivity index (χ1v) is 11.0. The zero-order valence-electron chi connectivity index (χ0n) is 18.1. The predicted molar refractivity (Wildman–Crippen MR) is 120 cm³/mol. The van der Waals surface area contributed by atoms with Gasteiger partial charge in [-0.2, -0.15) is 13.2 Å². The molecule has 0 bridgehead atoms. The fraction of sp³-hybridized carbons (Fsp3) is 0.423. The molecule has 0 unspecified atom stereocenters. The van der Waals surface area contributed by atoms with Crippen molar-refractivity contribution in [3.8, 4) is 5.75 Å². The Morgan fingerprint density at radius 2 is 1.55 bits per heavy atom. The number of allylic oxidation sites excluding steroid dienone is 1. The molecule has 31 heavy (non-hydrogen) atoms.